The largest absolute Gasteiger partial charge is 0.384 e. The summed E-state index contributed by atoms with van der Waals surface area (Å²) in [5.41, 5.74) is 1.75. The van der Waals surface area contributed by atoms with E-state index in [9.17, 15) is 18.5 Å². The van der Waals surface area contributed by atoms with Gasteiger partial charge in [0.1, 0.15) is 10.7 Å². The monoisotopic (exact) mass is 354 g/mol. The Morgan fingerprint density at radius 3 is 2.62 bits per heavy atom. The van der Waals surface area contributed by atoms with Gasteiger partial charge >= 0.3 is 0 Å². The zero-order valence-electron chi connectivity index (χ0n) is 13.3. The smallest absolute Gasteiger partial charge is 0.270 e. The van der Waals surface area contributed by atoms with Crippen LogP contribution < -0.4 is 10.5 Å². The van der Waals surface area contributed by atoms with Crippen LogP contribution in [0.25, 0.3) is 0 Å². The maximum absolute atomic E-state index is 11.6. The minimum atomic E-state index is -4.08. The van der Waals surface area contributed by atoms with Crippen LogP contribution in [0.4, 0.5) is 11.4 Å². The lowest BCUT2D eigenvalue weighted by atomic mass is 10.1. The van der Waals surface area contributed by atoms with Crippen molar-refractivity contribution in [3.8, 4) is 0 Å². The summed E-state index contributed by atoms with van der Waals surface area (Å²) in [6.45, 7) is 4.15. The van der Waals surface area contributed by atoms with Gasteiger partial charge in [0.25, 0.3) is 5.69 Å². The molecular formula is C14H18N4O5S. The molecule has 0 aliphatic heterocycles. The van der Waals surface area contributed by atoms with Crippen molar-refractivity contribution in [1.29, 1.82) is 0 Å². The molecule has 9 nitrogen and oxygen atoms in total. The van der Waals surface area contributed by atoms with Crippen LogP contribution in [-0.2, 0) is 16.4 Å². The van der Waals surface area contributed by atoms with Gasteiger partial charge < -0.3 is 9.84 Å². The molecule has 1 aromatic carbocycles. The number of hydrogen-bond donors (Lipinski definition) is 2. The standard InChI is InChI=1S/C14H18N4O5S/c1-9-12(10(2)23-17-9)4-3-7-16-13-6-5-11(18(19)20)8-14(13)24(15,21)22/h5-6,8,16H,3-4,7H2,1-2H3,(H2,15,21,22). The Morgan fingerprint density at radius 1 is 1.38 bits per heavy atom. The molecule has 0 fully saturated rings. The number of non-ortho nitro benzene ring substituents is 1. The van der Waals surface area contributed by atoms with Crippen LogP contribution in [0.5, 0.6) is 0 Å². The predicted octanol–water partition coefficient (Wildman–Crippen LogP) is 1.89. The normalized spacial score (nSPS) is 11.5. The molecule has 2 rings (SSSR count). The fraction of sp³-hybridized carbons (Fsp3) is 0.357. The molecule has 0 saturated heterocycles. The first kappa shape index (κ1) is 17.9. The third-order valence-corrected chi connectivity index (χ3v) is 4.53. The van der Waals surface area contributed by atoms with Gasteiger partial charge in [0.15, 0.2) is 0 Å². The quantitative estimate of drug-likeness (QED) is 0.439. The lowest BCUT2D eigenvalue weighted by molar-refractivity contribution is -0.385. The van der Waals surface area contributed by atoms with Crippen molar-refractivity contribution in [3.05, 3.63) is 45.3 Å². The van der Waals surface area contributed by atoms with Gasteiger partial charge in [0.2, 0.25) is 10.0 Å². The van der Waals surface area contributed by atoms with Gasteiger partial charge in [-0.2, -0.15) is 0 Å². The van der Waals surface area contributed by atoms with Gasteiger partial charge in [-0.15, -0.1) is 0 Å². The summed E-state index contributed by atoms with van der Waals surface area (Å²) in [5.74, 6) is 0.757. The highest BCUT2D eigenvalue weighted by molar-refractivity contribution is 7.89. The number of nitro benzene ring substituents is 1. The second kappa shape index (κ2) is 6.97. The summed E-state index contributed by atoms with van der Waals surface area (Å²) in [5, 5.41) is 22.7. The molecule has 0 aliphatic rings. The van der Waals surface area contributed by atoms with Crippen LogP contribution in [0, 0.1) is 24.0 Å². The maximum Gasteiger partial charge on any atom is 0.270 e. The molecule has 1 heterocycles. The number of rotatable bonds is 7. The molecule has 0 saturated carbocycles. The second-order valence-electron chi connectivity index (χ2n) is 5.32. The first-order chi connectivity index (χ1) is 11.2. The van der Waals surface area contributed by atoms with E-state index in [0.717, 1.165) is 23.1 Å². The Morgan fingerprint density at radius 2 is 2.08 bits per heavy atom. The number of aromatic nitrogens is 1. The van der Waals surface area contributed by atoms with Crippen LogP contribution in [0.15, 0.2) is 27.6 Å². The lowest BCUT2D eigenvalue weighted by Crippen LogP contribution is -2.16. The molecule has 3 N–H and O–H groups in total. The molecule has 2 aromatic rings. The average Bonchev–Trinajstić information content (AvgIpc) is 2.81. The van der Waals surface area contributed by atoms with Gasteiger partial charge in [-0.25, -0.2) is 13.6 Å². The van der Waals surface area contributed by atoms with Gasteiger partial charge in [-0.05, 0) is 32.8 Å². The van der Waals surface area contributed by atoms with Crippen LogP contribution in [0.1, 0.15) is 23.4 Å². The number of hydrogen-bond acceptors (Lipinski definition) is 7. The van der Waals surface area contributed by atoms with Gasteiger partial charge in [0.05, 0.1) is 16.3 Å². The van der Waals surface area contributed by atoms with E-state index in [1.165, 1.54) is 12.1 Å². The van der Waals surface area contributed by atoms with E-state index in [1.807, 2.05) is 13.8 Å². The molecule has 0 radical (unpaired) electrons. The Kier molecular flexibility index (Phi) is 5.20. The van der Waals surface area contributed by atoms with Crippen molar-refractivity contribution in [2.75, 3.05) is 11.9 Å². The molecule has 0 atom stereocenters. The Labute approximate surface area is 139 Å². The summed E-state index contributed by atoms with van der Waals surface area (Å²) >= 11 is 0. The minimum Gasteiger partial charge on any atom is -0.384 e. The van der Waals surface area contributed by atoms with E-state index in [4.69, 9.17) is 9.66 Å². The lowest BCUT2D eigenvalue weighted by Gasteiger charge is -2.10. The summed E-state index contributed by atoms with van der Waals surface area (Å²) in [6.07, 6.45) is 1.41. The van der Waals surface area contributed by atoms with Crippen molar-refractivity contribution >= 4 is 21.4 Å². The van der Waals surface area contributed by atoms with Gasteiger partial charge in [-0.3, -0.25) is 10.1 Å². The topological polar surface area (TPSA) is 141 Å². The van der Waals surface area contributed by atoms with Gasteiger partial charge in [-0.1, -0.05) is 5.16 Å². The molecule has 1 aromatic heterocycles. The fourth-order valence-corrected chi connectivity index (χ4v) is 3.08. The predicted molar refractivity (Wildman–Crippen MR) is 87.3 cm³/mol. The third-order valence-electron chi connectivity index (χ3n) is 3.58. The molecule has 130 valence electrons. The highest BCUT2D eigenvalue weighted by Crippen LogP contribution is 2.25. The highest BCUT2D eigenvalue weighted by atomic mass is 32.2. The Hall–Kier alpha value is -2.46. The van der Waals surface area contributed by atoms with Crippen LogP contribution in [-0.4, -0.2) is 25.0 Å². The second-order valence-corrected chi connectivity index (χ2v) is 6.85. The zero-order chi connectivity index (χ0) is 17.9. The van der Waals surface area contributed by atoms with Gasteiger partial charge in [0, 0.05) is 24.2 Å². The minimum absolute atomic E-state index is 0.238. The zero-order valence-corrected chi connectivity index (χ0v) is 14.1. The van der Waals surface area contributed by atoms with Crippen molar-refractivity contribution in [1.82, 2.24) is 5.16 Å². The van der Waals surface area contributed by atoms with Crippen LogP contribution >= 0.6 is 0 Å². The molecular weight excluding hydrogens is 336 g/mol. The van der Waals surface area contributed by atoms with E-state index in [2.05, 4.69) is 10.5 Å². The Balaban J connectivity index is 2.08. The first-order valence-electron chi connectivity index (χ1n) is 7.17. The number of anilines is 1. The van der Waals surface area contributed by atoms with E-state index >= 15 is 0 Å². The van der Waals surface area contributed by atoms with Crippen LogP contribution in [0.3, 0.4) is 0 Å². The fourth-order valence-electron chi connectivity index (χ4n) is 2.35. The highest BCUT2D eigenvalue weighted by Gasteiger charge is 2.19. The molecule has 0 bridgehead atoms. The molecule has 24 heavy (non-hydrogen) atoms. The SMILES string of the molecule is Cc1noc(C)c1CCCNc1ccc([N+](=O)[O-])cc1S(N)(=O)=O. The van der Waals surface area contributed by atoms with E-state index in [-0.39, 0.29) is 16.3 Å². The number of benzene rings is 1. The summed E-state index contributed by atoms with van der Waals surface area (Å²) in [7, 11) is -4.08. The van der Waals surface area contributed by atoms with Crippen LogP contribution in [0.2, 0.25) is 0 Å². The third kappa shape index (κ3) is 4.09. The van der Waals surface area contributed by atoms with E-state index in [1.54, 1.807) is 0 Å². The number of nitrogens with two attached hydrogens (primary N) is 1. The summed E-state index contributed by atoms with van der Waals surface area (Å²) in [6, 6.07) is 3.52. The molecule has 0 unspecified atom stereocenters. The molecule has 0 aliphatic carbocycles. The Bertz CT molecular complexity index is 841. The van der Waals surface area contributed by atoms with E-state index in [0.29, 0.717) is 19.4 Å². The maximum atomic E-state index is 11.6. The molecule has 0 amide bonds. The number of nitrogens with one attached hydrogen (secondary N) is 1. The average molecular weight is 354 g/mol. The van der Waals surface area contributed by atoms with Crippen molar-refractivity contribution < 1.29 is 17.9 Å². The molecule has 10 heteroatoms. The number of sulfonamides is 1. The summed E-state index contributed by atoms with van der Waals surface area (Å²) in [4.78, 5) is 9.81. The first-order valence-corrected chi connectivity index (χ1v) is 8.71. The number of nitrogens with zero attached hydrogens (tertiary/aromatic N) is 2. The van der Waals surface area contributed by atoms with E-state index < -0.39 is 14.9 Å². The van der Waals surface area contributed by atoms with Crippen molar-refractivity contribution in [2.45, 2.75) is 31.6 Å². The number of aryl methyl sites for hydroxylation is 2. The molecule has 0 spiro atoms. The summed E-state index contributed by atoms with van der Waals surface area (Å²) < 4.78 is 28.3. The number of nitro groups is 1. The van der Waals surface area contributed by atoms with Crippen molar-refractivity contribution in [3.63, 3.8) is 0 Å². The number of primary sulfonamides is 1. The van der Waals surface area contributed by atoms with Crippen molar-refractivity contribution in [2.24, 2.45) is 5.14 Å².